The Bertz CT molecular complexity index is 818. The van der Waals surface area contributed by atoms with Crippen LogP contribution in [0.5, 0.6) is 0 Å². The lowest BCUT2D eigenvalue weighted by Crippen LogP contribution is -2.54. The van der Waals surface area contributed by atoms with Gasteiger partial charge in [0, 0.05) is 6.42 Å². The highest BCUT2D eigenvalue weighted by atomic mass is 16.4. The number of carboxylic acids is 2. The molecular formula is C21H31N5O7. The molecule has 3 amide bonds. The van der Waals surface area contributed by atoms with E-state index >= 15 is 0 Å². The van der Waals surface area contributed by atoms with E-state index in [0.717, 1.165) is 0 Å². The number of benzene rings is 1. The van der Waals surface area contributed by atoms with E-state index in [1.165, 1.54) is 0 Å². The molecule has 12 heteroatoms. The van der Waals surface area contributed by atoms with Gasteiger partial charge in [0.15, 0.2) is 0 Å². The number of hydrogen-bond acceptors (Lipinski definition) is 7. The topological polar surface area (TPSA) is 214 Å². The third-order valence-corrected chi connectivity index (χ3v) is 4.65. The molecule has 0 bridgehead atoms. The van der Waals surface area contributed by atoms with Crippen LogP contribution in [0.4, 0.5) is 0 Å². The van der Waals surface area contributed by atoms with E-state index in [4.69, 9.17) is 16.6 Å². The minimum Gasteiger partial charge on any atom is -0.481 e. The van der Waals surface area contributed by atoms with Gasteiger partial charge in [-0.3, -0.25) is 19.2 Å². The number of nitrogens with one attached hydrogen (secondary N) is 3. The highest BCUT2D eigenvalue weighted by molar-refractivity contribution is 5.93. The fraction of sp³-hybridized carbons (Fsp3) is 0.476. The van der Waals surface area contributed by atoms with Crippen molar-refractivity contribution in [3.8, 4) is 0 Å². The molecule has 0 radical (unpaired) electrons. The predicted octanol–water partition coefficient (Wildman–Crippen LogP) is -1.67. The Balaban J connectivity index is 2.75. The number of nitrogens with two attached hydrogens (primary N) is 2. The van der Waals surface area contributed by atoms with Gasteiger partial charge in [-0.25, -0.2) is 4.79 Å². The van der Waals surface area contributed by atoms with Crippen molar-refractivity contribution in [2.24, 2.45) is 11.5 Å². The van der Waals surface area contributed by atoms with Gasteiger partial charge in [-0.15, -0.1) is 0 Å². The summed E-state index contributed by atoms with van der Waals surface area (Å²) in [6.07, 6.45) is 0.773. The second kappa shape index (κ2) is 14.5. The van der Waals surface area contributed by atoms with Crippen LogP contribution >= 0.6 is 0 Å². The van der Waals surface area contributed by atoms with Crippen LogP contribution in [0, 0.1) is 0 Å². The third-order valence-electron chi connectivity index (χ3n) is 4.65. The zero-order chi connectivity index (χ0) is 24.8. The summed E-state index contributed by atoms with van der Waals surface area (Å²) in [7, 11) is 0. The van der Waals surface area contributed by atoms with Crippen LogP contribution in [0.25, 0.3) is 0 Å². The van der Waals surface area contributed by atoms with E-state index in [0.29, 0.717) is 24.9 Å². The first-order valence-corrected chi connectivity index (χ1v) is 10.5. The van der Waals surface area contributed by atoms with Crippen LogP contribution in [0.1, 0.15) is 31.2 Å². The molecule has 1 aromatic carbocycles. The molecule has 0 aromatic heterocycles. The minimum absolute atomic E-state index is 0.0661. The van der Waals surface area contributed by atoms with Crippen molar-refractivity contribution in [3.05, 3.63) is 35.9 Å². The van der Waals surface area contributed by atoms with Crippen molar-refractivity contribution in [1.82, 2.24) is 16.0 Å². The van der Waals surface area contributed by atoms with E-state index in [1.54, 1.807) is 30.3 Å². The molecule has 3 atom stereocenters. The summed E-state index contributed by atoms with van der Waals surface area (Å²) in [5.41, 5.74) is 11.7. The summed E-state index contributed by atoms with van der Waals surface area (Å²) in [6.45, 7) is -0.108. The van der Waals surface area contributed by atoms with Gasteiger partial charge in [0.05, 0.1) is 19.0 Å². The quantitative estimate of drug-likeness (QED) is 0.147. The molecule has 0 heterocycles. The average molecular weight is 466 g/mol. The molecule has 0 spiro atoms. The monoisotopic (exact) mass is 465 g/mol. The SMILES string of the molecule is NCCCCC(NC(=O)CNC(=O)C(Cc1ccccc1)NC(=O)C(N)CC(=O)O)C(=O)O. The van der Waals surface area contributed by atoms with Crippen molar-refractivity contribution in [2.45, 2.75) is 50.2 Å². The van der Waals surface area contributed by atoms with Crippen LogP contribution < -0.4 is 27.4 Å². The van der Waals surface area contributed by atoms with Gasteiger partial charge < -0.3 is 37.6 Å². The Kier molecular flexibility index (Phi) is 12.1. The molecule has 3 unspecified atom stereocenters. The molecule has 0 saturated heterocycles. The van der Waals surface area contributed by atoms with Crippen LogP contribution in [0.3, 0.4) is 0 Å². The smallest absolute Gasteiger partial charge is 0.326 e. The number of aliphatic carboxylic acids is 2. The van der Waals surface area contributed by atoms with Crippen LogP contribution in [-0.2, 0) is 30.4 Å². The molecule has 0 fully saturated rings. The number of rotatable bonds is 15. The Morgan fingerprint density at radius 3 is 2.15 bits per heavy atom. The van der Waals surface area contributed by atoms with Gasteiger partial charge in [0.25, 0.3) is 0 Å². The molecule has 0 aliphatic carbocycles. The van der Waals surface area contributed by atoms with Crippen molar-refractivity contribution < 1.29 is 34.2 Å². The maximum Gasteiger partial charge on any atom is 0.326 e. The molecule has 9 N–H and O–H groups in total. The molecule has 182 valence electrons. The maximum absolute atomic E-state index is 12.7. The highest BCUT2D eigenvalue weighted by Crippen LogP contribution is 2.05. The zero-order valence-electron chi connectivity index (χ0n) is 18.2. The summed E-state index contributed by atoms with van der Waals surface area (Å²) >= 11 is 0. The van der Waals surface area contributed by atoms with Crippen molar-refractivity contribution in [1.29, 1.82) is 0 Å². The predicted molar refractivity (Wildman–Crippen MR) is 118 cm³/mol. The summed E-state index contributed by atoms with van der Waals surface area (Å²) in [5.74, 6) is -4.72. The van der Waals surface area contributed by atoms with E-state index in [9.17, 15) is 29.1 Å². The molecule has 0 aliphatic rings. The lowest BCUT2D eigenvalue weighted by Gasteiger charge is -2.21. The number of unbranched alkanes of at least 4 members (excludes halogenated alkanes) is 1. The van der Waals surface area contributed by atoms with Gasteiger partial charge >= 0.3 is 11.9 Å². The molecule has 0 saturated carbocycles. The zero-order valence-corrected chi connectivity index (χ0v) is 18.2. The lowest BCUT2D eigenvalue weighted by molar-refractivity contribution is -0.142. The molecule has 33 heavy (non-hydrogen) atoms. The molecule has 0 aliphatic heterocycles. The van der Waals surface area contributed by atoms with Crippen molar-refractivity contribution >= 4 is 29.7 Å². The Morgan fingerprint density at radius 2 is 1.58 bits per heavy atom. The van der Waals surface area contributed by atoms with Gasteiger partial charge in [0.1, 0.15) is 12.1 Å². The first-order chi connectivity index (χ1) is 15.6. The van der Waals surface area contributed by atoms with E-state index in [1.807, 2.05) is 0 Å². The highest BCUT2D eigenvalue weighted by Gasteiger charge is 2.26. The van der Waals surface area contributed by atoms with Crippen LogP contribution in [-0.4, -0.2) is 71.1 Å². The van der Waals surface area contributed by atoms with Gasteiger partial charge in [0.2, 0.25) is 17.7 Å². The number of carbonyl (C=O) groups is 5. The Labute approximate surface area is 191 Å². The second-order valence-electron chi connectivity index (χ2n) is 7.42. The van der Waals surface area contributed by atoms with Gasteiger partial charge in [-0.1, -0.05) is 30.3 Å². The first kappa shape index (κ1) is 27.5. The summed E-state index contributed by atoms with van der Waals surface area (Å²) in [5, 5.41) is 25.1. The van der Waals surface area contributed by atoms with E-state index in [-0.39, 0.29) is 12.8 Å². The summed E-state index contributed by atoms with van der Waals surface area (Å²) in [6, 6.07) is 5.11. The molecular weight excluding hydrogens is 434 g/mol. The average Bonchev–Trinajstić information content (AvgIpc) is 2.76. The van der Waals surface area contributed by atoms with Crippen molar-refractivity contribution in [2.75, 3.05) is 13.1 Å². The largest absolute Gasteiger partial charge is 0.481 e. The molecule has 1 aromatic rings. The van der Waals surface area contributed by atoms with Gasteiger partial charge in [-0.05, 0) is 31.4 Å². The van der Waals surface area contributed by atoms with E-state index < -0.39 is 60.8 Å². The molecule has 12 nitrogen and oxygen atoms in total. The molecule has 1 rings (SSSR count). The van der Waals surface area contributed by atoms with Crippen LogP contribution in [0.15, 0.2) is 30.3 Å². The Hall–Kier alpha value is -3.51. The number of carbonyl (C=O) groups excluding carboxylic acids is 3. The summed E-state index contributed by atoms with van der Waals surface area (Å²) < 4.78 is 0. The minimum atomic E-state index is -1.36. The standard InChI is InChI=1S/C21H31N5O7/c22-9-5-4-8-15(21(32)33)25-17(27)12-24-20(31)16(10-13-6-2-1-3-7-13)26-19(30)14(23)11-18(28)29/h1-3,6-7,14-16H,4-5,8-12,22-23H2,(H,24,31)(H,25,27)(H,26,30)(H,28,29)(H,32,33). The van der Waals surface area contributed by atoms with Crippen LogP contribution in [0.2, 0.25) is 0 Å². The first-order valence-electron chi connectivity index (χ1n) is 10.5. The fourth-order valence-electron chi connectivity index (χ4n) is 2.90. The summed E-state index contributed by atoms with van der Waals surface area (Å²) in [4.78, 5) is 59.1. The fourth-order valence-corrected chi connectivity index (χ4v) is 2.90. The second-order valence-corrected chi connectivity index (χ2v) is 7.42. The van der Waals surface area contributed by atoms with E-state index in [2.05, 4.69) is 16.0 Å². The Morgan fingerprint density at radius 1 is 0.909 bits per heavy atom. The third kappa shape index (κ3) is 11.1. The van der Waals surface area contributed by atoms with Gasteiger partial charge in [-0.2, -0.15) is 0 Å². The maximum atomic E-state index is 12.7. The number of hydrogen-bond donors (Lipinski definition) is 7. The number of amides is 3. The lowest BCUT2D eigenvalue weighted by atomic mass is 10.0. The number of carboxylic acid groups (broad SMARTS) is 2. The normalized spacial score (nSPS) is 13.3. The van der Waals surface area contributed by atoms with Crippen molar-refractivity contribution in [3.63, 3.8) is 0 Å².